The number of halogens is 1. The third-order valence-corrected chi connectivity index (χ3v) is 3.09. The first kappa shape index (κ1) is 14.1. The molecular formula is C12H17BrN2O2. The highest BCUT2D eigenvalue weighted by Gasteiger charge is 2.32. The molecule has 0 aromatic carbocycles. The van der Waals surface area contributed by atoms with Gasteiger partial charge in [0, 0.05) is 11.9 Å². The van der Waals surface area contributed by atoms with E-state index in [1.54, 1.807) is 25.3 Å². The summed E-state index contributed by atoms with van der Waals surface area (Å²) in [5, 5.41) is 12.9. The Morgan fingerprint density at radius 1 is 1.59 bits per heavy atom. The van der Waals surface area contributed by atoms with Gasteiger partial charge in [0.25, 0.3) is 5.91 Å². The van der Waals surface area contributed by atoms with Crippen molar-refractivity contribution in [2.45, 2.75) is 38.7 Å². The van der Waals surface area contributed by atoms with E-state index in [1.807, 2.05) is 6.92 Å². The lowest BCUT2D eigenvalue weighted by molar-refractivity contribution is -0.135. The average molecular weight is 301 g/mol. The lowest BCUT2D eigenvalue weighted by Crippen LogP contribution is -2.42. The van der Waals surface area contributed by atoms with Crippen molar-refractivity contribution in [3.05, 3.63) is 22.9 Å². The van der Waals surface area contributed by atoms with E-state index < -0.39 is 5.60 Å². The van der Waals surface area contributed by atoms with Crippen LogP contribution >= 0.6 is 15.9 Å². The molecule has 1 heterocycles. The standard InChI is InChI=1S/C12H17BrN2O2/c1-3-6-12(17,4-2)11(16)15-9-5-7-14-10(13)8-9/h5,7-8,17H,3-4,6H2,1-2H3,(H,14,15,16). The minimum Gasteiger partial charge on any atom is -0.380 e. The molecule has 1 aromatic heterocycles. The molecule has 0 bridgehead atoms. The molecule has 1 unspecified atom stereocenters. The summed E-state index contributed by atoms with van der Waals surface area (Å²) in [6, 6.07) is 3.38. The van der Waals surface area contributed by atoms with Gasteiger partial charge in [0.15, 0.2) is 0 Å². The average Bonchev–Trinajstić information content (AvgIpc) is 2.29. The topological polar surface area (TPSA) is 62.2 Å². The van der Waals surface area contributed by atoms with E-state index in [-0.39, 0.29) is 5.91 Å². The van der Waals surface area contributed by atoms with Crippen molar-refractivity contribution in [3.63, 3.8) is 0 Å². The molecule has 0 aliphatic heterocycles. The summed E-state index contributed by atoms with van der Waals surface area (Å²) in [7, 11) is 0. The number of hydrogen-bond donors (Lipinski definition) is 2. The zero-order valence-corrected chi connectivity index (χ0v) is 11.6. The third kappa shape index (κ3) is 3.78. The summed E-state index contributed by atoms with van der Waals surface area (Å²) in [5.41, 5.74) is -0.662. The molecule has 17 heavy (non-hydrogen) atoms. The van der Waals surface area contributed by atoms with Crippen LogP contribution in [0.5, 0.6) is 0 Å². The molecule has 0 radical (unpaired) electrons. The second kappa shape index (κ2) is 6.12. The predicted octanol–water partition coefficient (Wildman–Crippen LogP) is 2.72. The third-order valence-electron chi connectivity index (χ3n) is 2.66. The Bertz CT molecular complexity index is 398. The number of carbonyl (C=O) groups is 1. The smallest absolute Gasteiger partial charge is 0.256 e. The quantitative estimate of drug-likeness (QED) is 0.822. The fourth-order valence-corrected chi connectivity index (χ4v) is 1.96. The number of amides is 1. The van der Waals surface area contributed by atoms with Gasteiger partial charge in [-0.25, -0.2) is 4.98 Å². The van der Waals surface area contributed by atoms with Crippen molar-refractivity contribution in [1.29, 1.82) is 0 Å². The monoisotopic (exact) mass is 300 g/mol. The lowest BCUT2D eigenvalue weighted by Gasteiger charge is -2.24. The second-order valence-electron chi connectivity index (χ2n) is 3.96. The van der Waals surface area contributed by atoms with E-state index in [9.17, 15) is 9.90 Å². The Hall–Kier alpha value is -0.940. The Kier molecular flexibility index (Phi) is 5.08. The van der Waals surface area contributed by atoms with Crippen LogP contribution < -0.4 is 5.32 Å². The van der Waals surface area contributed by atoms with Gasteiger partial charge in [-0.1, -0.05) is 20.3 Å². The molecule has 1 rings (SSSR count). The van der Waals surface area contributed by atoms with Gasteiger partial charge < -0.3 is 10.4 Å². The van der Waals surface area contributed by atoms with Gasteiger partial charge in [0.1, 0.15) is 10.2 Å². The fourth-order valence-electron chi connectivity index (χ4n) is 1.59. The highest BCUT2D eigenvalue weighted by molar-refractivity contribution is 9.10. The highest BCUT2D eigenvalue weighted by atomic mass is 79.9. The molecule has 5 heteroatoms. The van der Waals surface area contributed by atoms with Crippen molar-refractivity contribution >= 4 is 27.5 Å². The Morgan fingerprint density at radius 3 is 2.82 bits per heavy atom. The Morgan fingerprint density at radius 2 is 2.29 bits per heavy atom. The largest absolute Gasteiger partial charge is 0.380 e. The van der Waals surface area contributed by atoms with Crippen molar-refractivity contribution in [3.8, 4) is 0 Å². The van der Waals surface area contributed by atoms with E-state index in [2.05, 4.69) is 26.2 Å². The molecule has 0 aliphatic rings. The summed E-state index contributed by atoms with van der Waals surface area (Å²) in [6.45, 7) is 3.74. The van der Waals surface area contributed by atoms with Crippen LogP contribution in [0, 0.1) is 0 Å². The van der Waals surface area contributed by atoms with Gasteiger partial charge in [0.2, 0.25) is 0 Å². The van der Waals surface area contributed by atoms with Gasteiger partial charge in [-0.05, 0) is 40.9 Å². The normalized spacial score (nSPS) is 14.1. The van der Waals surface area contributed by atoms with Crippen LogP contribution in [0.15, 0.2) is 22.9 Å². The van der Waals surface area contributed by atoms with Gasteiger partial charge in [-0.2, -0.15) is 0 Å². The number of carbonyl (C=O) groups excluding carboxylic acids is 1. The van der Waals surface area contributed by atoms with Crippen molar-refractivity contribution in [2.75, 3.05) is 5.32 Å². The summed E-state index contributed by atoms with van der Waals surface area (Å²) in [6.07, 6.45) is 3.21. The van der Waals surface area contributed by atoms with Crippen molar-refractivity contribution < 1.29 is 9.90 Å². The fraction of sp³-hybridized carbons (Fsp3) is 0.500. The van der Waals surface area contributed by atoms with Gasteiger partial charge in [0.05, 0.1) is 0 Å². The molecule has 1 atom stereocenters. The van der Waals surface area contributed by atoms with Crippen LogP contribution in [0.4, 0.5) is 5.69 Å². The first-order valence-electron chi connectivity index (χ1n) is 5.67. The van der Waals surface area contributed by atoms with Crippen LogP contribution in [0.25, 0.3) is 0 Å². The Labute approximate surface area is 110 Å². The summed E-state index contributed by atoms with van der Waals surface area (Å²) in [5.74, 6) is -0.361. The number of aromatic nitrogens is 1. The number of nitrogens with one attached hydrogen (secondary N) is 1. The van der Waals surface area contributed by atoms with E-state index >= 15 is 0 Å². The molecule has 0 saturated carbocycles. The van der Waals surface area contributed by atoms with Crippen molar-refractivity contribution in [1.82, 2.24) is 4.98 Å². The number of pyridine rings is 1. The first-order chi connectivity index (χ1) is 8.01. The minimum atomic E-state index is -1.29. The SMILES string of the molecule is CCCC(O)(CC)C(=O)Nc1ccnc(Br)c1. The number of nitrogens with zero attached hydrogens (tertiary/aromatic N) is 1. The summed E-state index contributed by atoms with van der Waals surface area (Å²) < 4.78 is 0.644. The second-order valence-corrected chi connectivity index (χ2v) is 4.77. The number of hydrogen-bond acceptors (Lipinski definition) is 3. The van der Waals surface area contributed by atoms with E-state index in [0.29, 0.717) is 23.1 Å². The van der Waals surface area contributed by atoms with E-state index in [1.165, 1.54) is 0 Å². The molecule has 0 spiro atoms. The maximum Gasteiger partial charge on any atom is 0.256 e. The van der Waals surface area contributed by atoms with Crippen LogP contribution in [0.2, 0.25) is 0 Å². The zero-order chi connectivity index (χ0) is 12.9. The van der Waals surface area contributed by atoms with Gasteiger partial charge in [-0.3, -0.25) is 4.79 Å². The van der Waals surface area contributed by atoms with Gasteiger partial charge in [-0.15, -0.1) is 0 Å². The zero-order valence-electron chi connectivity index (χ0n) is 10.0. The number of anilines is 1. The molecule has 0 fully saturated rings. The molecule has 94 valence electrons. The summed E-state index contributed by atoms with van der Waals surface area (Å²) >= 11 is 3.23. The van der Waals surface area contributed by atoms with Crippen LogP contribution in [-0.4, -0.2) is 21.6 Å². The van der Waals surface area contributed by atoms with Crippen LogP contribution in [-0.2, 0) is 4.79 Å². The molecular weight excluding hydrogens is 284 g/mol. The van der Waals surface area contributed by atoms with Crippen LogP contribution in [0.1, 0.15) is 33.1 Å². The minimum absolute atomic E-state index is 0.361. The Balaban J connectivity index is 2.77. The molecule has 4 nitrogen and oxygen atoms in total. The lowest BCUT2D eigenvalue weighted by atomic mass is 9.94. The van der Waals surface area contributed by atoms with E-state index in [0.717, 1.165) is 6.42 Å². The predicted molar refractivity (Wildman–Crippen MR) is 70.7 cm³/mol. The molecule has 1 aromatic rings. The number of rotatable bonds is 5. The molecule has 0 saturated heterocycles. The van der Waals surface area contributed by atoms with Crippen LogP contribution in [0.3, 0.4) is 0 Å². The number of aliphatic hydroxyl groups is 1. The van der Waals surface area contributed by atoms with Gasteiger partial charge >= 0.3 is 0 Å². The summed E-state index contributed by atoms with van der Waals surface area (Å²) in [4.78, 5) is 15.9. The molecule has 1 amide bonds. The first-order valence-corrected chi connectivity index (χ1v) is 6.46. The van der Waals surface area contributed by atoms with E-state index in [4.69, 9.17) is 0 Å². The van der Waals surface area contributed by atoms with Crippen molar-refractivity contribution in [2.24, 2.45) is 0 Å². The molecule has 0 aliphatic carbocycles. The highest BCUT2D eigenvalue weighted by Crippen LogP contribution is 2.20. The maximum absolute atomic E-state index is 12.0. The molecule has 2 N–H and O–H groups in total. The maximum atomic E-state index is 12.0.